The second-order valence-electron chi connectivity index (χ2n) is 4.55. The van der Waals surface area contributed by atoms with Gasteiger partial charge in [-0.25, -0.2) is 4.79 Å². The fourth-order valence-corrected chi connectivity index (χ4v) is 2.80. The zero-order chi connectivity index (χ0) is 17.1. The number of methoxy groups -OCH3 is 1. The van der Waals surface area contributed by atoms with E-state index in [0.717, 1.165) is 34.3 Å². The number of rotatable bonds is 3. The fraction of sp³-hybridized carbons (Fsp3) is 0.0714. The van der Waals surface area contributed by atoms with E-state index in [9.17, 15) is 9.59 Å². The summed E-state index contributed by atoms with van der Waals surface area (Å²) < 4.78 is 4.48. The number of nitrogens with one attached hydrogen (secondary N) is 2. The van der Waals surface area contributed by atoms with Crippen molar-refractivity contribution < 1.29 is 14.3 Å². The Kier molecular flexibility index (Phi) is 4.63. The number of hydrogen-bond donors (Lipinski definition) is 2. The number of amides is 1. The Bertz CT molecular complexity index is 918. The van der Waals surface area contributed by atoms with E-state index in [1.54, 1.807) is 6.07 Å². The lowest BCUT2D eigenvalue weighted by Gasteiger charge is -1.93. The molecular weight excluding hydrogens is 354 g/mol. The molecule has 1 saturated heterocycles. The van der Waals surface area contributed by atoms with Crippen molar-refractivity contribution in [1.29, 1.82) is 0 Å². The van der Waals surface area contributed by atoms with Gasteiger partial charge in [0, 0.05) is 11.5 Å². The Hall–Kier alpha value is -2.65. The minimum atomic E-state index is -0.609. The van der Waals surface area contributed by atoms with Crippen LogP contribution in [-0.4, -0.2) is 40.6 Å². The van der Waals surface area contributed by atoms with Crippen LogP contribution in [0.15, 0.2) is 39.4 Å². The molecular formula is C14H10ClN5O3S. The molecule has 2 aromatic rings. The molecule has 0 aliphatic carbocycles. The van der Waals surface area contributed by atoms with E-state index < -0.39 is 11.9 Å². The molecule has 3 rings (SSSR count). The molecule has 1 aromatic carbocycles. The number of benzene rings is 1. The molecule has 0 spiro atoms. The molecule has 1 aromatic heterocycles. The topological polar surface area (TPSA) is 109 Å². The number of aromatic nitrogens is 2. The van der Waals surface area contributed by atoms with Crippen molar-refractivity contribution in [1.82, 2.24) is 15.5 Å². The number of esters is 1. The second-order valence-corrected chi connectivity index (χ2v) is 5.96. The predicted molar refractivity (Wildman–Crippen MR) is 92.0 cm³/mol. The van der Waals surface area contributed by atoms with Crippen LogP contribution in [0.1, 0.15) is 5.56 Å². The first-order valence-electron chi connectivity index (χ1n) is 6.60. The molecule has 1 amide bonds. The molecule has 0 atom stereocenters. The third-order valence-electron chi connectivity index (χ3n) is 2.99. The summed E-state index contributed by atoms with van der Waals surface area (Å²) in [5, 5.41) is 18.5. The maximum atomic E-state index is 11.7. The summed E-state index contributed by atoms with van der Waals surface area (Å²) in [4.78, 5) is 23.0. The Labute approximate surface area is 145 Å². The van der Waals surface area contributed by atoms with Gasteiger partial charge in [0.2, 0.25) is 0 Å². The highest BCUT2D eigenvalue weighted by Gasteiger charge is 2.24. The lowest BCUT2D eigenvalue weighted by atomic mass is 10.2. The summed E-state index contributed by atoms with van der Waals surface area (Å²) in [6, 6.07) is 5.43. The van der Waals surface area contributed by atoms with Crippen LogP contribution in [0.25, 0.3) is 10.9 Å². The molecule has 122 valence electrons. The van der Waals surface area contributed by atoms with Gasteiger partial charge in [-0.2, -0.15) is 10.2 Å². The smallest absolute Gasteiger partial charge is 0.331 e. The molecule has 0 saturated carbocycles. The van der Waals surface area contributed by atoms with Gasteiger partial charge in [0.1, 0.15) is 5.15 Å². The molecule has 0 bridgehead atoms. The van der Waals surface area contributed by atoms with Gasteiger partial charge < -0.3 is 4.74 Å². The molecule has 8 nitrogen and oxygen atoms in total. The number of ether oxygens (including phenoxy) is 1. The average Bonchev–Trinajstić information content (AvgIpc) is 3.11. The largest absolute Gasteiger partial charge is 0.466 e. The number of thioether (sulfide) groups is 1. The van der Waals surface area contributed by atoms with Crippen LogP contribution in [-0.2, 0) is 14.3 Å². The minimum Gasteiger partial charge on any atom is -0.466 e. The Morgan fingerprint density at radius 1 is 1.46 bits per heavy atom. The summed E-state index contributed by atoms with van der Waals surface area (Å²) in [6.07, 6.45) is 2.62. The molecule has 2 heterocycles. The fourth-order valence-electron chi connectivity index (χ4n) is 1.87. The number of halogens is 1. The first-order valence-corrected chi connectivity index (χ1v) is 7.80. The predicted octanol–water partition coefficient (Wildman–Crippen LogP) is 1.83. The molecule has 1 aliphatic rings. The monoisotopic (exact) mass is 363 g/mol. The average molecular weight is 364 g/mol. The SMILES string of the molecule is COC(=O)/C=C1/S/C(=N\N=Cc2ccc3n[nH]c(Cl)c3c2)NC1=O. The van der Waals surface area contributed by atoms with E-state index in [0.29, 0.717) is 5.15 Å². The van der Waals surface area contributed by atoms with Gasteiger partial charge in [0.05, 0.1) is 23.7 Å². The summed E-state index contributed by atoms with van der Waals surface area (Å²) in [5.41, 5.74) is 1.52. The standard InChI is InChI=1S/C14H10ClN5O3S/c1-23-11(21)5-10-13(22)17-14(24-10)20-16-6-7-2-3-9-8(4-7)12(15)19-18-9/h2-6H,1H3,(H,18,19)(H,17,20,22)/b10-5+,16-6?. The maximum Gasteiger partial charge on any atom is 0.331 e. The molecule has 0 unspecified atom stereocenters. The van der Waals surface area contributed by atoms with Crippen molar-refractivity contribution in [3.8, 4) is 0 Å². The molecule has 2 N–H and O–H groups in total. The van der Waals surface area contributed by atoms with Gasteiger partial charge in [0.25, 0.3) is 5.91 Å². The van der Waals surface area contributed by atoms with E-state index in [1.165, 1.54) is 13.3 Å². The lowest BCUT2D eigenvalue weighted by molar-refractivity contribution is -0.135. The zero-order valence-corrected chi connectivity index (χ0v) is 13.8. The number of carbonyl (C=O) groups is 2. The summed E-state index contributed by atoms with van der Waals surface area (Å²) in [6.45, 7) is 0. The highest BCUT2D eigenvalue weighted by Crippen LogP contribution is 2.23. The zero-order valence-electron chi connectivity index (χ0n) is 12.2. The van der Waals surface area contributed by atoms with Crippen molar-refractivity contribution >= 4 is 57.5 Å². The van der Waals surface area contributed by atoms with E-state index in [1.807, 2.05) is 12.1 Å². The van der Waals surface area contributed by atoms with Crippen LogP contribution in [0.5, 0.6) is 0 Å². The van der Waals surface area contributed by atoms with Gasteiger partial charge >= 0.3 is 5.97 Å². The first kappa shape index (κ1) is 16.2. The van der Waals surface area contributed by atoms with Crippen LogP contribution in [0.3, 0.4) is 0 Å². The Morgan fingerprint density at radius 3 is 3.08 bits per heavy atom. The van der Waals surface area contributed by atoms with Gasteiger partial charge in [-0.05, 0) is 29.5 Å². The van der Waals surface area contributed by atoms with Gasteiger partial charge in [-0.15, -0.1) is 5.10 Å². The van der Waals surface area contributed by atoms with Crippen molar-refractivity contribution in [3.05, 3.63) is 39.9 Å². The Balaban J connectivity index is 1.74. The van der Waals surface area contributed by atoms with Crippen molar-refractivity contribution in [2.24, 2.45) is 10.2 Å². The number of fused-ring (bicyclic) bond motifs is 1. The first-order chi connectivity index (χ1) is 11.6. The van der Waals surface area contributed by atoms with E-state index in [-0.39, 0.29) is 10.1 Å². The molecule has 10 heteroatoms. The molecule has 0 radical (unpaired) electrons. The van der Waals surface area contributed by atoms with E-state index in [2.05, 4.69) is 30.5 Å². The molecule has 1 fully saturated rings. The van der Waals surface area contributed by atoms with Crippen molar-refractivity contribution in [2.45, 2.75) is 0 Å². The highest BCUT2D eigenvalue weighted by molar-refractivity contribution is 8.18. The van der Waals surface area contributed by atoms with Crippen molar-refractivity contribution in [2.75, 3.05) is 7.11 Å². The summed E-state index contributed by atoms with van der Waals surface area (Å²) in [5.74, 6) is -1.03. The van der Waals surface area contributed by atoms with Gasteiger partial charge in [-0.3, -0.25) is 15.2 Å². The minimum absolute atomic E-state index is 0.197. The van der Waals surface area contributed by atoms with Gasteiger partial charge in [0.15, 0.2) is 5.17 Å². The number of aromatic amines is 1. The number of amidine groups is 1. The molecule has 1 aliphatic heterocycles. The number of H-pyrrole nitrogens is 1. The summed E-state index contributed by atoms with van der Waals surface area (Å²) >= 11 is 6.99. The van der Waals surface area contributed by atoms with Crippen molar-refractivity contribution in [3.63, 3.8) is 0 Å². The Morgan fingerprint density at radius 2 is 2.29 bits per heavy atom. The normalized spacial score (nSPS) is 18.0. The maximum absolute atomic E-state index is 11.7. The number of hydrogen-bond acceptors (Lipinski definition) is 7. The summed E-state index contributed by atoms with van der Waals surface area (Å²) in [7, 11) is 1.24. The quantitative estimate of drug-likeness (QED) is 0.374. The van der Waals surface area contributed by atoms with Crippen LogP contribution in [0.2, 0.25) is 5.15 Å². The lowest BCUT2D eigenvalue weighted by Crippen LogP contribution is -2.19. The van der Waals surface area contributed by atoms with Gasteiger partial charge in [-0.1, -0.05) is 17.7 Å². The van der Waals surface area contributed by atoms with E-state index >= 15 is 0 Å². The third kappa shape index (κ3) is 3.47. The second kappa shape index (κ2) is 6.85. The third-order valence-corrected chi connectivity index (χ3v) is 4.18. The van der Waals surface area contributed by atoms with Crippen LogP contribution < -0.4 is 5.32 Å². The highest BCUT2D eigenvalue weighted by atomic mass is 35.5. The molecule has 24 heavy (non-hydrogen) atoms. The van der Waals surface area contributed by atoms with E-state index in [4.69, 9.17) is 11.6 Å². The van der Waals surface area contributed by atoms with Crippen LogP contribution >= 0.6 is 23.4 Å². The number of nitrogens with zero attached hydrogens (tertiary/aromatic N) is 3. The van der Waals surface area contributed by atoms with Crippen LogP contribution in [0.4, 0.5) is 0 Å². The number of carbonyl (C=O) groups excluding carboxylic acids is 2. The van der Waals surface area contributed by atoms with Crippen LogP contribution in [0, 0.1) is 0 Å².